The van der Waals surface area contributed by atoms with E-state index < -0.39 is 0 Å². The van der Waals surface area contributed by atoms with Crippen molar-refractivity contribution in [3.05, 3.63) is 0 Å². The second-order valence-corrected chi connectivity index (χ2v) is 4.80. The van der Waals surface area contributed by atoms with Gasteiger partial charge in [-0.3, -0.25) is 4.79 Å². The third-order valence-corrected chi connectivity index (χ3v) is 3.47. The Morgan fingerprint density at radius 1 is 1.33 bits per heavy atom. The number of nitrogens with two attached hydrogens (primary N) is 1. The van der Waals surface area contributed by atoms with Crippen molar-refractivity contribution >= 4 is 5.91 Å². The van der Waals surface area contributed by atoms with Crippen molar-refractivity contribution in [1.29, 1.82) is 0 Å². The zero-order valence-corrected chi connectivity index (χ0v) is 11.7. The average molecular weight is 257 g/mol. The lowest BCUT2D eigenvalue weighted by molar-refractivity contribution is -0.128. The lowest BCUT2D eigenvalue weighted by Gasteiger charge is -2.23. The van der Waals surface area contributed by atoms with Gasteiger partial charge in [0.15, 0.2) is 0 Å². The minimum absolute atomic E-state index is 0.169. The molecule has 1 saturated heterocycles. The highest BCUT2D eigenvalue weighted by Crippen LogP contribution is 2.06. The molecule has 1 aliphatic heterocycles. The summed E-state index contributed by atoms with van der Waals surface area (Å²) in [7, 11) is 0. The average Bonchev–Trinajstić information content (AvgIpc) is 2.60. The Morgan fingerprint density at radius 3 is 2.72 bits per heavy atom. The van der Waals surface area contributed by atoms with Gasteiger partial charge in [-0.25, -0.2) is 0 Å². The van der Waals surface area contributed by atoms with E-state index in [1.807, 2.05) is 11.8 Å². The molecule has 0 bridgehead atoms. The number of amides is 1. The predicted octanol–water partition coefficient (Wildman–Crippen LogP) is 0.295. The van der Waals surface area contributed by atoms with E-state index in [9.17, 15) is 4.79 Å². The molecule has 1 fully saturated rings. The summed E-state index contributed by atoms with van der Waals surface area (Å²) in [6.07, 6.45) is 2.20. The van der Waals surface area contributed by atoms with E-state index in [1.54, 1.807) is 6.92 Å². The Kier molecular flexibility index (Phi) is 7.23. The molecule has 1 atom stereocenters. The van der Waals surface area contributed by atoms with Gasteiger partial charge in [-0.2, -0.15) is 0 Å². The molecule has 1 amide bonds. The molecule has 0 aromatic carbocycles. The van der Waals surface area contributed by atoms with Crippen LogP contribution in [-0.4, -0.2) is 67.7 Å². The second kappa shape index (κ2) is 8.45. The van der Waals surface area contributed by atoms with Crippen molar-refractivity contribution in [3.63, 3.8) is 0 Å². The van der Waals surface area contributed by atoms with Crippen LogP contribution in [0.3, 0.4) is 0 Å². The molecule has 0 spiro atoms. The molecule has 0 aliphatic carbocycles. The second-order valence-electron chi connectivity index (χ2n) is 4.80. The van der Waals surface area contributed by atoms with E-state index in [2.05, 4.69) is 4.90 Å². The van der Waals surface area contributed by atoms with E-state index in [-0.39, 0.29) is 12.0 Å². The van der Waals surface area contributed by atoms with Gasteiger partial charge in [0, 0.05) is 46.3 Å². The summed E-state index contributed by atoms with van der Waals surface area (Å²) in [6.45, 7) is 9.72. The molecular formula is C13H27N3O2. The SMILES string of the molecule is CCOC(CN)CCN1CCCN(C(C)=O)CC1. The molecule has 18 heavy (non-hydrogen) atoms. The summed E-state index contributed by atoms with van der Waals surface area (Å²) >= 11 is 0. The van der Waals surface area contributed by atoms with Crippen LogP contribution >= 0.6 is 0 Å². The van der Waals surface area contributed by atoms with Crippen LogP contribution in [0.25, 0.3) is 0 Å². The van der Waals surface area contributed by atoms with Gasteiger partial charge in [-0.15, -0.1) is 0 Å². The van der Waals surface area contributed by atoms with Crippen LogP contribution in [0, 0.1) is 0 Å². The van der Waals surface area contributed by atoms with E-state index >= 15 is 0 Å². The number of carbonyl (C=O) groups excluding carboxylic acids is 1. The Balaban J connectivity index is 2.28. The highest BCUT2D eigenvalue weighted by atomic mass is 16.5. The summed E-state index contributed by atoms with van der Waals surface area (Å²) in [5.74, 6) is 0.186. The third kappa shape index (κ3) is 5.33. The number of nitrogens with zero attached hydrogens (tertiary/aromatic N) is 2. The molecule has 0 radical (unpaired) electrons. The van der Waals surface area contributed by atoms with Gasteiger partial charge < -0.3 is 20.3 Å². The molecule has 1 heterocycles. The molecule has 0 saturated carbocycles. The normalized spacial score (nSPS) is 19.6. The minimum Gasteiger partial charge on any atom is -0.377 e. The van der Waals surface area contributed by atoms with Gasteiger partial charge in [0.1, 0.15) is 0 Å². The smallest absolute Gasteiger partial charge is 0.219 e. The fourth-order valence-corrected chi connectivity index (χ4v) is 2.34. The lowest BCUT2D eigenvalue weighted by atomic mass is 10.2. The number of ether oxygens (including phenoxy) is 1. The summed E-state index contributed by atoms with van der Waals surface area (Å²) in [5.41, 5.74) is 5.67. The van der Waals surface area contributed by atoms with Crippen LogP contribution < -0.4 is 5.73 Å². The van der Waals surface area contributed by atoms with Crippen molar-refractivity contribution < 1.29 is 9.53 Å². The maximum atomic E-state index is 11.3. The Hall–Kier alpha value is -0.650. The highest BCUT2D eigenvalue weighted by Gasteiger charge is 2.17. The van der Waals surface area contributed by atoms with Crippen LogP contribution in [0.4, 0.5) is 0 Å². The standard InChI is InChI=1S/C13H27N3O2/c1-3-18-13(11-14)5-8-15-6-4-7-16(10-9-15)12(2)17/h13H,3-11,14H2,1-2H3. The van der Waals surface area contributed by atoms with Crippen molar-refractivity contribution in [1.82, 2.24) is 9.80 Å². The van der Waals surface area contributed by atoms with Gasteiger partial charge in [0.2, 0.25) is 5.91 Å². The van der Waals surface area contributed by atoms with Crippen LogP contribution in [0.15, 0.2) is 0 Å². The van der Waals surface area contributed by atoms with Gasteiger partial charge in [0.05, 0.1) is 6.10 Å². The monoisotopic (exact) mass is 257 g/mol. The van der Waals surface area contributed by atoms with Gasteiger partial charge in [-0.1, -0.05) is 0 Å². The number of hydrogen-bond donors (Lipinski definition) is 1. The first kappa shape index (κ1) is 15.4. The summed E-state index contributed by atoms with van der Waals surface area (Å²) in [6, 6.07) is 0. The number of hydrogen-bond acceptors (Lipinski definition) is 4. The van der Waals surface area contributed by atoms with Crippen LogP contribution in [0.5, 0.6) is 0 Å². The van der Waals surface area contributed by atoms with Gasteiger partial charge >= 0.3 is 0 Å². The highest BCUT2D eigenvalue weighted by molar-refractivity contribution is 5.73. The Morgan fingerprint density at radius 2 is 2.11 bits per heavy atom. The molecule has 5 heteroatoms. The largest absolute Gasteiger partial charge is 0.377 e. The van der Waals surface area contributed by atoms with Gasteiger partial charge in [-0.05, 0) is 26.3 Å². The zero-order chi connectivity index (χ0) is 13.4. The molecule has 106 valence electrons. The maximum absolute atomic E-state index is 11.3. The molecule has 1 aliphatic rings. The third-order valence-electron chi connectivity index (χ3n) is 3.47. The molecule has 0 aromatic rings. The molecule has 5 nitrogen and oxygen atoms in total. The molecule has 2 N–H and O–H groups in total. The lowest BCUT2D eigenvalue weighted by Crippen LogP contribution is -2.35. The first-order valence-electron chi connectivity index (χ1n) is 6.97. The fraction of sp³-hybridized carbons (Fsp3) is 0.923. The van der Waals surface area contributed by atoms with Crippen LogP contribution in [0.2, 0.25) is 0 Å². The Labute approximate surface area is 110 Å². The fourth-order valence-electron chi connectivity index (χ4n) is 2.34. The van der Waals surface area contributed by atoms with E-state index in [0.717, 1.165) is 52.2 Å². The predicted molar refractivity (Wildman–Crippen MR) is 72.4 cm³/mol. The number of carbonyl (C=O) groups is 1. The molecular weight excluding hydrogens is 230 g/mol. The first-order chi connectivity index (χ1) is 8.67. The Bertz CT molecular complexity index is 248. The topological polar surface area (TPSA) is 58.8 Å². The van der Waals surface area contributed by atoms with Crippen molar-refractivity contribution in [2.24, 2.45) is 5.73 Å². The maximum Gasteiger partial charge on any atom is 0.219 e. The summed E-state index contributed by atoms with van der Waals surface area (Å²) in [4.78, 5) is 15.7. The van der Waals surface area contributed by atoms with Crippen molar-refractivity contribution in [2.45, 2.75) is 32.8 Å². The number of rotatable bonds is 6. The molecule has 0 aromatic heterocycles. The van der Waals surface area contributed by atoms with E-state index in [0.29, 0.717) is 6.54 Å². The van der Waals surface area contributed by atoms with Crippen LogP contribution in [-0.2, 0) is 9.53 Å². The minimum atomic E-state index is 0.169. The van der Waals surface area contributed by atoms with E-state index in [1.165, 1.54) is 0 Å². The van der Waals surface area contributed by atoms with Gasteiger partial charge in [0.25, 0.3) is 0 Å². The first-order valence-corrected chi connectivity index (χ1v) is 6.97. The molecule has 1 unspecified atom stereocenters. The summed E-state index contributed by atoms with van der Waals surface area (Å²) in [5, 5.41) is 0. The zero-order valence-electron chi connectivity index (χ0n) is 11.7. The van der Waals surface area contributed by atoms with Crippen molar-refractivity contribution in [3.8, 4) is 0 Å². The quantitative estimate of drug-likeness (QED) is 0.743. The molecule has 1 rings (SSSR count). The summed E-state index contributed by atoms with van der Waals surface area (Å²) < 4.78 is 5.56. The van der Waals surface area contributed by atoms with E-state index in [4.69, 9.17) is 10.5 Å². The van der Waals surface area contributed by atoms with Crippen LogP contribution in [0.1, 0.15) is 26.7 Å². The van der Waals surface area contributed by atoms with Crippen molar-refractivity contribution in [2.75, 3.05) is 45.9 Å².